The minimum absolute atomic E-state index is 0.0785. The van der Waals surface area contributed by atoms with Gasteiger partial charge in [0.15, 0.2) is 11.6 Å². The Bertz CT molecular complexity index is 1530. The van der Waals surface area contributed by atoms with Crippen molar-refractivity contribution in [2.24, 2.45) is 0 Å². The van der Waals surface area contributed by atoms with Crippen molar-refractivity contribution in [2.45, 2.75) is 4.90 Å². The fourth-order valence-electron chi connectivity index (χ4n) is 3.24. The Kier molecular flexibility index (Phi) is 7.05. The summed E-state index contributed by atoms with van der Waals surface area (Å²) in [4.78, 5) is 20.7. The first kappa shape index (κ1) is 24.5. The van der Waals surface area contributed by atoms with Gasteiger partial charge < -0.3 is 26.4 Å². The second-order valence-corrected chi connectivity index (χ2v) is 9.23. The molecule has 0 unspecified atom stereocenters. The summed E-state index contributed by atoms with van der Waals surface area (Å²) in [5.74, 6) is 0.270. The molecule has 4 rings (SSSR count). The predicted octanol–water partition coefficient (Wildman–Crippen LogP) is 2.52. The molecule has 0 saturated carbocycles. The van der Waals surface area contributed by atoms with Gasteiger partial charge >= 0.3 is 0 Å². The zero-order chi connectivity index (χ0) is 25.7. The van der Waals surface area contributed by atoms with Crippen molar-refractivity contribution in [3.05, 3.63) is 66.7 Å². The number of amides is 1. The number of nitrogens with two attached hydrogens (primary N) is 1. The zero-order valence-corrected chi connectivity index (χ0v) is 20.2. The average molecular weight is 506 g/mol. The van der Waals surface area contributed by atoms with Crippen LogP contribution in [0.2, 0.25) is 0 Å². The molecule has 1 amide bonds. The summed E-state index contributed by atoms with van der Waals surface area (Å²) in [6.45, 7) is 0.0812. The number of carbonyl (C=O) groups is 1. The van der Waals surface area contributed by atoms with Gasteiger partial charge in [0.2, 0.25) is 5.91 Å². The summed E-state index contributed by atoms with van der Waals surface area (Å²) in [5.41, 5.74) is 8.04. The molecular weight excluding hydrogens is 482 g/mol. The van der Waals surface area contributed by atoms with Crippen LogP contribution in [0.15, 0.2) is 59.5 Å². The summed E-state index contributed by atoms with van der Waals surface area (Å²) >= 11 is 0. The van der Waals surface area contributed by atoms with Gasteiger partial charge in [-0.15, -0.1) is 0 Å². The largest absolute Gasteiger partial charge is 0.497 e. The van der Waals surface area contributed by atoms with Crippen LogP contribution in [-0.4, -0.2) is 45.0 Å². The van der Waals surface area contributed by atoms with Crippen molar-refractivity contribution >= 4 is 55.7 Å². The predicted molar refractivity (Wildman–Crippen MR) is 138 cm³/mol. The van der Waals surface area contributed by atoms with Crippen LogP contribution in [0.1, 0.15) is 0 Å². The molecule has 0 saturated heterocycles. The molecule has 1 aromatic heterocycles. The standard InChI is InChI=1S/C24H23N7O4S/c1-26-14-22(32)27-15-6-5-7-17(12-15)36(33,34)31-24-23(28-19-8-3-4-9-20(19)29-24)30-21-13-16(35-2)10-11-18(21)25/h3,5-8,10-13,26H,14,25H2,1-2H3,(H,27,32)(H,28,30)(H,29,31). The van der Waals surface area contributed by atoms with Crippen molar-refractivity contribution in [3.8, 4) is 5.75 Å². The molecule has 0 fully saturated rings. The van der Waals surface area contributed by atoms with E-state index in [0.717, 1.165) is 0 Å². The summed E-state index contributed by atoms with van der Waals surface area (Å²) in [6, 6.07) is 19.8. The summed E-state index contributed by atoms with van der Waals surface area (Å²) in [6.07, 6.45) is 0. The Morgan fingerprint density at radius 3 is 2.72 bits per heavy atom. The lowest BCUT2D eigenvalue weighted by Crippen LogP contribution is -2.25. The number of fused-ring (bicyclic) bond motifs is 1. The fourth-order valence-corrected chi connectivity index (χ4v) is 4.29. The van der Waals surface area contributed by atoms with E-state index in [1.165, 1.54) is 25.3 Å². The van der Waals surface area contributed by atoms with E-state index in [1.807, 2.05) is 0 Å². The second-order valence-electron chi connectivity index (χ2n) is 7.55. The number of carbonyl (C=O) groups excluding carboxylic acids is 1. The lowest BCUT2D eigenvalue weighted by molar-refractivity contribution is -0.115. The number of hydrogen-bond acceptors (Lipinski definition) is 9. The van der Waals surface area contributed by atoms with Crippen LogP contribution in [-0.2, 0) is 14.8 Å². The Morgan fingerprint density at radius 1 is 1.11 bits per heavy atom. The first-order valence-electron chi connectivity index (χ1n) is 10.7. The molecule has 0 radical (unpaired) electrons. The van der Waals surface area contributed by atoms with Gasteiger partial charge in [-0.25, -0.2) is 18.4 Å². The van der Waals surface area contributed by atoms with Crippen LogP contribution in [0.4, 0.5) is 28.7 Å². The van der Waals surface area contributed by atoms with E-state index in [2.05, 4.69) is 42.8 Å². The molecule has 36 heavy (non-hydrogen) atoms. The van der Waals surface area contributed by atoms with Gasteiger partial charge in [0, 0.05) is 11.8 Å². The van der Waals surface area contributed by atoms with Crippen LogP contribution in [0.5, 0.6) is 5.75 Å². The van der Waals surface area contributed by atoms with Gasteiger partial charge in [-0.3, -0.25) is 9.52 Å². The smallest absolute Gasteiger partial charge is 0.263 e. The van der Waals surface area contributed by atoms with Crippen molar-refractivity contribution in [2.75, 3.05) is 41.8 Å². The van der Waals surface area contributed by atoms with Crippen LogP contribution in [0.3, 0.4) is 0 Å². The third-order valence-corrected chi connectivity index (χ3v) is 6.28. The molecule has 0 aliphatic rings. The number of nitrogens with zero attached hydrogens (tertiary/aromatic N) is 2. The molecular formula is C24H23N7O4S. The number of nitrogens with one attached hydrogen (secondary N) is 4. The number of benzene rings is 2. The number of nitrogen functional groups attached to an aromatic ring is 1. The van der Waals surface area contributed by atoms with E-state index in [1.54, 1.807) is 43.4 Å². The quantitative estimate of drug-likeness (QED) is 0.215. The van der Waals surface area contributed by atoms with Gasteiger partial charge in [0.1, 0.15) is 16.8 Å². The van der Waals surface area contributed by atoms with Crippen molar-refractivity contribution in [3.63, 3.8) is 0 Å². The normalized spacial score (nSPS) is 10.9. The zero-order valence-electron chi connectivity index (χ0n) is 19.4. The summed E-state index contributed by atoms with van der Waals surface area (Å²) in [5, 5.41) is 8.41. The van der Waals surface area contributed by atoms with Gasteiger partial charge in [0.05, 0.1) is 29.9 Å². The summed E-state index contributed by atoms with van der Waals surface area (Å²) < 4.78 is 34.3. The highest BCUT2D eigenvalue weighted by Crippen LogP contribution is 2.31. The molecule has 3 aromatic carbocycles. The van der Waals surface area contributed by atoms with Gasteiger partial charge in [-0.1, -0.05) is 12.1 Å². The van der Waals surface area contributed by atoms with E-state index >= 15 is 0 Å². The van der Waals surface area contributed by atoms with E-state index in [4.69, 9.17) is 10.5 Å². The number of methoxy groups -OCH3 is 1. The fraction of sp³-hybridized carbons (Fsp3) is 0.125. The molecule has 1 heterocycles. The van der Waals surface area contributed by atoms with Crippen molar-refractivity contribution < 1.29 is 17.9 Å². The maximum absolute atomic E-state index is 13.3. The van der Waals surface area contributed by atoms with E-state index in [0.29, 0.717) is 33.8 Å². The Hall–Kier alpha value is -4.60. The Labute approximate surface area is 208 Å². The van der Waals surface area contributed by atoms with E-state index < -0.39 is 10.0 Å². The number of anilines is 5. The maximum Gasteiger partial charge on any atom is 0.263 e. The van der Waals surface area contributed by atoms with Crippen molar-refractivity contribution in [1.82, 2.24) is 15.3 Å². The first-order valence-corrected chi connectivity index (χ1v) is 12.2. The summed E-state index contributed by atoms with van der Waals surface area (Å²) in [7, 11) is -0.976. The van der Waals surface area contributed by atoms with Gasteiger partial charge in [-0.05, 0) is 55.6 Å². The number of likely N-dealkylation sites (N-methyl/N-ethyl adjacent to an activating group) is 1. The van der Waals surface area contributed by atoms with Crippen LogP contribution in [0, 0.1) is 12.1 Å². The molecule has 4 aromatic rings. The highest BCUT2D eigenvalue weighted by Gasteiger charge is 2.20. The highest BCUT2D eigenvalue weighted by molar-refractivity contribution is 7.92. The third-order valence-electron chi connectivity index (χ3n) is 4.95. The average Bonchev–Trinajstić information content (AvgIpc) is 2.86. The number of sulfonamides is 1. The molecule has 6 N–H and O–H groups in total. The number of aromatic nitrogens is 2. The first-order chi connectivity index (χ1) is 17.3. The molecule has 0 aliphatic carbocycles. The Balaban J connectivity index is 1.72. The topological polar surface area (TPSA) is 160 Å². The monoisotopic (exact) mass is 505 g/mol. The van der Waals surface area contributed by atoms with Gasteiger partial charge in [0.25, 0.3) is 10.0 Å². The molecule has 184 valence electrons. The number of ether oxygens (including phenoxy) is 1. The number of hydrogen-bond donors (Lipinski definition) is 5. The van der Waals surface area contributed by atoms with Crippen LogP contribution in [0.25, 0.3) is 11.0 Å². The Morgan fingerprint density at radius 2 is 1.94 bits per heavy atom. The lowest BCUT2D eigenvalue weighted by atomic mass is 10.2. The SMILES string of the molecule is CNCC(=O)Nc1cccc(S(=O)(=O)Nc2nc3c#cccc3nc2Nc2cc(OC)ccc2N)c1. The van der Waals surface area contributed by atoms with Gasteiger partial charge in [-0.2, -0.15) is 0 Å². The second kappa shape index (κ2) is 10.3. The van der Waals surface area contributed by atoms with E-state index in [9.17, 15) is 13.2 Å². The molecule has 0 bridgehead atoms. The third kappa shape index (κ3) is 5.54. The number of rotatable bonds is 9. The van der Waals surface area contributed by atoms with E-state index in [-0.39, 0.29) is 29.0 Å². The highest BCUT2D eigenvalue weighted by atomic mass is 32.2. The molecule has 0 aliphatic heterocycles. The van der Waals surface area contributed by atoms with Crippen molar-refractivity contribution in [1.29, 1.82) is 0 Å². The van der Waals surface area contributed by atoms with Crippen LogP contribution < -0.4 is 31.1 Å². The minimum atomic E-state index is -4.13. The minimum Gasteiger partial charge on any atom is -0.497 e. The maximum atomic E-state index is 13.3. The lowest BCUT2D eigenvalue weighted by Gasteiger charge is -2.15. The molecule has 11 nitrogen and oxygen atoms in total. The molecule has 12 heteroatoms. The van der Waals surface area contributed by atoms with Crippen LogP contribution >= 0.6 is 0 Å². The molecule has 0 atom stereocenters. The molecule has 0 spiro atoms.